The number of aryl methyl sites for hydroxylation is 2. The van der Waals surface area contributed by atoms with E-state index in [4.69, 9.17) is 5.11 Å². The topological polar surface area (TPSA) is 36.4 Å². The van der Waals surface area contributed by atoms with E-state index >= 15 is 0 Å². The monoisotopic (exact) mass is 178 g/mol. The zero-order chi connectivity index (χ0) is 9.42. The molecule has 0 amide bonds. The molecule has 2 rings (SSSR count). The van der Waals surface area contributed by atoms with Gasteiger partial charge in [-0.15, -0.1) is 0 Å². The Hall–Kier alpha value is -1.09. The smallest absolute Gasteiger partial charge is 0.0889 e. The van der Waals surface area contributed by atoms with Crippen molar-refractivity contribution in [2.75, 3.05) is 18.0 Å². The van der Waals surface area contributed by atoms with Gasteiger partial charge in [0.05, 0.1) is 6.10 Å². The molecule has 13 heavy (non-hydrogen) atoms. The average Bonchev–Trinajstić information content (AvgIpc) is 1.96. The zero-order valence-electron chi connectivity index (χ0n) is 7.99. The van der Waals surface area contributed by atoms with E-state index in [1.807, 2.05) is 13.8 Å². The van der Waals surface area contributed by atoms with Gasteiger partial charge in [-0.3, -0.25) is 4.98 Å². The van der Waals surface area contributed by atoms with Crippen LogP contribution in [0.25, 0.3) is 0 Å². The number of hydrogen-bond donors (Lipinski definition) is 1. The van der Waals surface area contributed by atoms with Gasteiger partial charge in [-0.2, -0.15) is 0 Å². The van der Waals surface area contributed by atoms with E-state index in [2.05, 4.69) is 22.0 Å². The van der Waals surface area contributed by atoms with Crippen molar-refractivity contribution in [3.8, 4) is 0 Å². The van der Waals surface area contributed by atoms with Crippen LogP contribution in [0, 0.1) is 13.8 Å². The second-order valence-electron chi connectivity index (χ2n) is 3.67. The fourth-order valence-electron chi connectivity index (χ4n) is 1.66. The lowest BCUT2D eigenvalue weighted by molar-refractivity contribution is 0.142. The minimum atomic E-state index is -0.145. The first-order valence-corrected chi connectivity index (χ1v) is 4.53. The molecule has 1 aliphatic heterocycles. The highest BCUT2D eigenvalue weighted by molar-refractivity contribution is 5.50. The number of aromatic nitrogens is 1. The molecule has 0 unspecified atom stereocenters. The van der Waals surface area contributed by atoms with Crippen LogP contribution in [0.5, 0.6) is 0 Å². The first-order chi connectivity index (χ1) is 6.15. The number of hydrogen-bond acceptors (Lipinski definition) is 3. The van der Waals surface area contributed by atoms with E-state index in [1.54, 1.807) is 0 Å². The second-order valence-corrected chi connectivity index (χ2v) is 3.67. The van der Waals surface area contributed by atoms with Crippen LogP contribution in [0.3, 0.4) is 0 Å². The molecule has 0 atom stereocenters. The highest BCUT2D eigenvalue weighted by Crippen LogP contribution is 2.21. The molecule has 3 heteroatoms. The summed E-state index contributed by atoms with van der Waals surface area (Å²) in [6, 6.07) is 4.11. The van der Waals surface area contributed by atoms with E-state index in [9.17, 15) is 0 Å². The zero-order valence-corrected chi connectivity index (χ0v) is 7.99. The number of anilines is 1. The van der Waals surface area contributed by atoms with Gasteiger partial charge in [0.2, 0.25) is 0 Å². The molecule has 0 bridgehead atoms. The molecule has 1 aromatic heterocycles. The van der Waals surface area contributed by atoms with Gasteiger partial charge < -0.3 is 10.0 Å². The van der Waals surface area contributed by atoms with E-state index < -0.39 is 0 Å². The summed E-state index contributed by atoms with van der Waals surface area (Å²) in [5.41, 5.74) is 3.25. The summed E-state index contributed by atoms with van der Waals surface area (Å²) in [5.74, 6) is 0. The Morgan fingerprint density at radius 1 is 1.31 bits per heavy atom. The van der Waals surface area contributed by atoms with Crippen molar-refractivity contribution in [1.29, 1.82) is 0 Å². The summed E-state index contributed by atoms with van der Waals surface area (Å²) in [6.07, 6.45) is -0.145. The molecule has 3 nitrogen and oxygen atoms in total. The summed E-state index contributed by atoms with van der Waals surface area (Å²) in [4.78, 5) is 6.46. The summed E-state index contributed by atoms with van der Waals surface area (Å²) in [5, 5.41) is 9.16. The van der Waals surface area contributed by atoms with E-state index in [-0.39, 0.29) is 6.10 Å². The van der Waals surface area contributed by atoms with Gasteiger partial charge in [-0.25, -0.2) is 0 Å². The Bertz CT molecular complexity index is 298. The van der Waals surface area contributed by atoms with Crippen LogP contribution in [-0.4, -0.2) is 29.3 Å². The number of β-amino-alcohol motifs (C(OH)–C–C–N with tert-alkyl or cyclic N) is 1. The van der Waals surface area contributed by atoms with Crippen molar-refractivity contribution in [2.24, 2.45) is 0 Å². The first kappa shape index (κ1) is 8.51. The standard InChI is InChI=1S/C10H14N2O/c1-7-3-9(4-8(2)11-7)12-5-10(13)6-12/h3-4,10,13H,5-6H2,1-2H3. The maximum absolute atomic E-state index is 9.16. The number of nitrogens with zero attached hydrogens (tertiary/aromatic N) is 2. The lowest BCUT2D eigenvalue weighted by Gasteiger charge is -2.38. The summed E-state index contributed by atoms with van der Waals surface area (Å²) in [6.45, 7) is 5.49. The molecule has 0 spiro atoms. The molecule has 2 heterocycles. The van der Waals surface area contributed by atoms with Gasteiger partial charge >= 0.3 is 0 Å². The van der Waals surface area contributed by atoms with Crippen molar-refractivity contribution < 1.29 is 5.11 Å². The normalized spacial score (nSPS) is 17.3. The van der Waals surface area contributed by atoms with Crippen molar-refractivity contribution in [2.45, 2.75) is 20.0 Å². The van der Waals surface area contributed by atoms with Crippen LogP contribution in [0.1, 0.15) is 11.4 Å². The fourth-order valence-corrected chi connectivity index (χ4v) is 1.66. The third-order valence-electron chi connectivity index (χ3n) is 2.29. The van der Waals surface area contributed by atoms with Gasteiger partial charge in [0.15, 0.2) is 0 Å². The molecule has 1 aromatic rings. The summed E-state index contributed by atoms with van der Waals surface area (Å²) in [7, 11) is 0. The number of aliphatic hydroxyl groups is 1. The van der Waals surface area contributed by atoms with E-state index in [0.29, 0.717) is 0 Å². The Labute approximate surface area is 78.0 Å². The van der Waals surface area contributed by atoms with Crippen LogP contribution in [0.2, 0.25) is 0 Å². The molecule has 1 N–H and O–H groups in total. The molecule has 0 saturated carbocycles. The molecular weight excluding hydrogens is 164 g/mol. The third-order valence-corrected chi connectivity index (χ3v) is 2.29. The summed E-state index contributed by atoms with van der Waals surface area (Å²) < 4.78 is 0. The minimum absolute atomic E-state index is 0.145. The fraction of sp³-hybridized carbons (Fsp3) is 0.500. The van der Waals surface area contributed by atoms with Crippen molar-refractivity contribution in [3.05, 3.63) is 23.5 Å². The molecule has 1 fully saturated rings. The van der Waals surface area contributed by atoms with E-state index in [0.717, 1.165) is 24.5 Å². The van der Waals surface area contributed by atoms with Crippen LogP contribution < -0.4 is 4.90 Å². The molecule has 1 aliphatic rings. The SMILES string of the molecule is Cc1cc(N2CC(O)C2)cc(C)n1. The van der Waals surface area contributed by atoms with Gasteiger partial charge in [0, 0.05) is 30.2 Å². The summed E-state index contributed by atoms with van der Waals surface area (Å²) >= 11 is 0. The van der Waals surface area contributed by atoms with Gasteiger partial charge in [-0.05, 0) is 26.0 Å². The number of aliphatic hydroxyl groups excluding tert-OH is 1. The maximum Gasteiger partial charge on any atom is 0.0889 e. The largest absolute Gasteiger partial charge is 0.389 e. The van der Waals surface area contributed by atoms with Gasteiger partial charge in [0.25, 0.3) is 0 Å². The lowest BCUT2D eigenvalue weighted by atomic mass is 10.1. The predicted molar refractivity (Wildman–Crippen MR) is 51.9 cm³/mol. The van der Waals surface area contributed by atoms with Crippen molar-refractivity contribution in [3.63, 3.8) is 0 Å². The Kier molecular flexibility index (Phi) is 1.96. The van der Waals surface area contributed by atoms with Crippen LogP contribution in [-0.2, 0) is 0 Å². The van der Waals surface area contributed by atoms with Gasteiger partial charge in [-0.1, -0.05) is 0 Å². The lowest BCUT2D eigenvalue weighted by Crippen LogP contribution is -2.50. The number of rotatable bonds is 1. The molecule has 70 valence electrons. The molecule has 1 saturated heterocycles. The number of pyridine rings is 1. The quantitative estimate of drug-likeness (QED) is 0.693. The van der Waals surface area contributed by atoms with E-state index in [1.165, 1.54) is 5.69 Å². The van der Waals surface area contributed by atoms with Gasteiger partial charge in [0.1, 0.15) is 0 Å². The maximum atomic E-state index is 9.16. The molecule has 0 aliphatic carbocycles. The minimum Gasteiger partial charge on any atom is -0.389 e. The molecular formula is C10H14N2O. The Morgan fingerprint density at radius 2 is 1.85 bits per heavy atom. The highest BCUT2D eigenvalue weighted by Gasteiger charge is 2.24. The highest BCUT2D eigenvalue weighted by atomic mass is 16.3. The Balaban J connectivity index is 2.21. The van der Waals surface area contributed by atoms with Crippen molar-refractivity contribution >= 4 is 5.69 Å². The second kappa shape index (κ2) is 3.00. The predicted octanol–water partition coefficient (Wildman–Crippen LogP) is 0.879. The Morgan fingerprint density at radius 3 is 2.31 bits per heavy atom. The molecule has 0 radical (unpaired) electrons. The third kappa shape index (κ3) is 1.65. The van der Waals surface area contributed by atoms with Crippen LogP contribution in [0.4, 0.5) is 5.69 Å². The van der Waals surface area contributed by atoms with Crippen molar-refractivity contribution in [1.82, 2.24) is 4.98 Å². The molecule has 0 aromatic carbocycles. The average molecular weight is 178 g/mol. The van der Waals surface area contributed by atoms with Crippen LogP contribution in [0.15, 0.2) is 12.1 Å². The van der Waals surface area contributed by atoms with Crippen LogP contribution >= 0.6 is 0 Å². The first-order valence-electron chi connectivity index (χ1n) is 4.53.